The predicted molar refractivity (Wildman–Crippen MR) is 152 cm³/mol. The number of para-hydroxylation sites is 1. The van der Waals surface area contributed by atoms with Crippen molar-refractivity contribution in [2.45, 2.75) is 50.7 Å². The lowest BCUT2D eigenvalue weighted by Gasteiger charge is -2.32. The fourth-order valence-corrected chi connectivity index (χ4v) is 5.45. The molecule has 0 fully saturated rings. The van der Waals surface area contributed by atoms with Crippen molar-refractivity contribution in [1.29, 1.82) is 0 Å². The number of hydrogen-bond donors (Lipinski definition) is 1. The number of carbonyl (C=O) groups excluding carboxylic acids is 2. The van der Waals surface area contributed by atoms with Crippen LogP contribution < -0.4 is 9.62 Å². The van der Waals surface area contributed by atoms with Crippen molar-refractivity contribution < 1.29 is 18.0 Å². The first-order valence-corrected chi connectivity index (χ1v) is 14.4. The average Bonchev–Trinajstić information content (AvgIpc) is 2.91. The summed E-state index contributed by atoms with van der Waals surface area (Å²) in [5.74, 6) is -0.898. The molecule has 0 unspecified atom stereocenters. The van der Waals surface area contributed by atoms with Crippen LogP contribution in [0.2, 0.25) is 10.0 Å². The maximum atomic E-state index is 13.9. The lowest BCUT2D eigenvalue weighted by atomic mass is 10.1. The molecule has 3 aromatic carbocycles. The summed E-state index contributed by atoms with van der Waals surface area (Å²) in [6, 6.07) is 20.1. The molecule has 0 spiro atoms. The smallest absolute Gasteiger partial charge is 0.264 e. The minimum absolute atomic E-state index is 0.0150. The Balaban J connectivity index is 2.01. The molecule has 0 heterocycles. The van der Waals surface area contributed by atoms with Gasteiger partial charge in [0.05, 0.1) is 10.6 Å². The van der Waals surface area contributed by atoms with Gasteiger partial charge in [0, 0.05) is 22.6 Å². The highest BCUT2D eigenvalue weighted by Gasteiger charge is 2.33. The zero-order chi connectivity index (χ0) is 27.9. The molecule has 202 valence electrons. The second-order valence-corrected chi connectivity index (χ2v) is 11.6. The van der Waals surface area contributed by atoms with Crippen molar-refractivity contribution in [2.24, 2.45) is 0 Å². The number of nitrogens with zero attached hydrogens (tertiary/aromatic N) is 2. The van der Waals surface area contributed by atoms with Crippen LogP contribution in [0.1, 0.15) is 32.8 Å². The van der Waals surface area contributed by atoms with Crippen molar-refractivity contribution >= 4 is 50.7 Å². The first kappa shape index (κ1) is 29.5. The molecule has 2 amide bonds. The number of benzene rings is 3. The van der Waals surface area contributed by atoms with Crippen LogP contribution in [0.3, 0.4) is 0 Å². The van der Waals surface area contributed by atoms with E-state index in [1.807, 2.05) is 13.8 Å². The SMILES string of the molecule is CC[C@@H](C)NC(=O)[C@@H](C)N(Cc1ccccc1Cl)C(=O)CN(c1ccccc1)S(=O)(=O)c1ccc(Cl)cc1. The Bertz CT molecular complexity index is 1350. The van der Waals surface area contributed by atoms with E-state index in [2.05, 4.69) is 5.32 Å². The van der Waals surface area contributed by atoms with Gasteiger partial charge in [-0.25, -0.2) is 8.42 Å². The van der Waals surface area contributed by atoms with Crippen LogP contribution in [0.15, 0.2) is 83.8 Å². The predicted octanol–water partition coefficient (Wildman–Crippen LogP) is 5.52. The van der Waals surface area contributed by atoms with Gasteiger partial charge in [-0.1, -0.05) is 66.5 Å². The van der Waals surface area contributed by atoms with E-state index in [0.717, 1.165) is 10.7 Å². The van der Waals surface area contributed by atoms with Crippen LogP contribution in [0.25, 0.3) is 0 Å². The van der Waals surface area contributed by atoms with Gasteiger partial charge in [-0.05, 0) is 68.3 Å². The number of anilines is 1. The van der Waals surface area contributed by atoms with Crippen LogP contribution in [-0.2, 0) is 26.2 Å². The standard InChI is InChI=1S/C28H31Cl2N3O4S/c1-4-20(2)31-28(35)21(3)32(18-22-10-8-9-13-26(22)30)27(34)19-33(24-11-6-5-7-12-24)38(36,37)25-16-14-23(29)15-17-25/h5-17,20-21H,4,18-19H2,1-3H3,(H,31,35)/t20-,21-/m1/s1. The largest absolute Gasteiger partial charge is 0.352 e. The molecule has 38 heavy (non-hydrogen) atoms. The van der Waals surface area contributed by atoms with Gasteiger partial charge >= 0.3 is 0 Å². The maximum absolute atomic E-state index is 13.9. The molecule has 0 aromatic heterocycles. The van der Waals surface area contributed by atoms with E-state index < -0.39 is 28.5 Å². The Morgan fingerprint density at radius 3 is 2.11 bits per heavy atom. The summed E-state index contributed by atoms with van der Waals surface area (Å²) < 4.78 is 28.5. The summed E-state index contributed by atoms with van der Waals surface area (Å²) in [5.41, 5.74) is 0.947. The molecule has 10 heteroatoms. The Labute approximate surface area is 234 Å². The second-order valence-electron chi connectivity index (χ2n) is 8.91. The van der Waals surface area contributed by atoms with Crippen LogP contribution in [-0.4, -0.2) is 43.8 Å². The third kappa shape index (κ3) is 7.28. The molecule has 1 N–H and O–H groups in total. The molecule has 0 aliphatic rings. The fraction of sp³-hybridized carbons (Fsp3) is 0.286. The molecule has 0 bridgehead atoms. The van der Waals surface area contributed by atoms with Crippen molar-refractivity contribution in [3.63, 3.8) is 0 Å². The van der Waals surface area contributed by atoms with Gasteiger partial charge in [0.2, 0.25) is 11.8 Å². The summed E-state index contributed by atoms with van der Waals surface area (Å²) >= 11 is 12.3. The number of rotatable bonds is 11. The van der Waals surface area contributed by atoms with Crippen molar-refractivity contribution in [2.75, 3.05) is 10.8 Å². The molecule has 2 atom stereocenters. The summed E-state index contributed by atoms with van der Waals surface area (Å²) in [6.45, 7) is 4.94. The summed E-state index contributed by atoms with van der Waals surface area (Å²) in [4.78, 5) is 28.2. The fourth-order valence-electron chi connectivity index (χ4n) is 3.72. The van der Waals surface area contributed by atoms with Gasteiger partial charge < -0.3 is 10.2 Å². The molecule has 3 aromatic rings. The molecule has 0 aliphatic heterocycles. The van der Waals surface area contributed by atoms with Gasteiger partial charge in [0.1, 0.15) is 12.6 Å². The van der Waals surface area contributed by atoms with E-state index in [1.165, 1.54) is 29.2 Å². The zero-order valence-corrected chi connectivity index (χ0v) is 23.8. The summed E-state index contributed by atoms with van der Waals surface area (Å²) in [7, 11) is -4.15. The minimum atomic E-state index is -4.15. The Morgan fingerprint density at radius 1 is 0.895 bits per heavy atom. The molecule has 0 saturated carbocycles. The number of nitrogens with one attached hydrogen (secondary N) is 1. The van der Waals surface area contributed by atoms with Gasteiger partial charge in [-0.3, -0.25) is 13.9 Å². The average molecular weight is 577 g/mol. The molecule has 7 nitrogen and oxygen atoms in total. The van der Waals surface area contributed by atoms with Crippen molar-refractivity contribution in [1.82, 2.24) is 10.2 Å². The summed E-state index contributed by atoms with van der Waals surface area (Å²) in [5, 5.41) is 3.73. The highest BCUT2D eigenvalue weighted by Crippen LogP contribution is 2.26. The Kier molecular flexibility index (Phi) is 10.2. The van der Waals surface area contributed by atoms with E-state index in [1.54, 1.807) is 61.5 Å². The Hall–Kier alpha value is -3.07. The first-order chi connectivity index (χ1) is 18.0. The van der Waals surface area contributed by atoms with Gasteiger partial charge in [-0.2, -0.15) is 0 Å². The monoisotopic (exact) mass is 575 g/mol. The van der Waals surface area contributed by atoms with Crippen LogP contribution in [0, 0.1) is 0 Å². The number of sulfonamides is 1. The lowest BCUT2D eigenvalue weighted by molar-refractivity contribution is -0.139. The highest BCUT2D eigenvalue weighted by molar-refractivity contribution is 7.92. The summed E-state index contributed by atoms with van der Waals surface area (Å²) in [6.07, 6.45) is 0.720. The number of carbonyl (C=O) groups is 2. The van der Waals surface area contributed by atoms with Crippen molar-refractivity contribution in [3.05, 3.63) is 94.5 Å². The maximum Gasteiger partial charge on any atom is 0.264 e. The molecule has 0 aliphatic carbocycles. The van der Waals surface area contributed by atoms with Crippen LogP contribution in [0.4, 0.5) is 5.69 Å². The topological polar surface area (TPSA) is 86.8 Å². The zero-order valence-electron chi connectivity index (χ0n) is 21.5. The van der Waals surface area contributed by atoms with Gasteiger partial charge in [-0.15, -0.1) is 0 Å². The van der Waals surface area contributed by atoms with E-state index in [4.69, 9.17) is 23.2 Å². The third-order valence-corrected chi connectivity index (χ3v) is 8.60. The van der Waals surface area contributed by atoms with Crippen LogP contribution >= 0.6 is 23.2 Å². The quantitative estimate of drug-likeness (QED) is 0.326. The Morgan fingerprint density at radius 2 is 1.50 bits per heavy atom. The number of amides is 2. The number of halogens is 2. The highest BCUT2D eigenvalue weighted by atomic mass is 35.5. The van der Waals surface area contributed by atoms with Gasteiger partial charge in [0.25, 0.3) is 10.0 Å². The van der Waals surface area contributed by atoms with Crippen LogP contribution in [0.5, 0.6) is 0 Å². The van der Waals surface area contributed by atoms with Gasteiger partial charge in [0.15, 0.2) is 0 Å². The lowest BCUT2D eigenvalue weighted by Crippen LogP contribution is -2.52. The molecular formula is C28H31Cl2N3O4S. The van der Waals surface area contributed by atoms with E-state index >= 15 is 0 Å². The first-order valence-electron chi connectivity index (χ1n) is 12.2. The van der Waals surface area contributed by atoms with Crippen molar-refractivity contribution in [3.8, 4) is 0 Å². The number of hydrogen-bond acceptors (Lipinski definition) is 4. The second kappa shape index (κ2) is 13.1. The minimum Gasteiger partial charge on any atom is -0.352 e. The molecular weight excluding hydrogens is 545 g/mol. The van der Waals surface area contributed by atoms with E-state index in [9.17, 15) is 18.0 Å². The molecule has 0 saturated heterocycles. The third-order valence-electron chi connectivity index (χ3n) is 6.19. The molecule has 3 rings (SSSR count). The normalized spacial score (nSPS) is 12.9. The van der Waals surface area contributed by atoms with E-state index in [0.29, 0.717) is 21.3 Å². The molecule has 0 radical (unpaired) electrons. The van der Waals surface area contributed by atoms with E-state index in [-0.39, 0.29) is 23.4 Å².